The van der Waals surface area contributed by atoms with Crippen molar-refractivity contribution in [2.24, 2.45) is 5.73 Å². The Morgan fingerprint density at radius 3 is 2.77 bits per heavy atom. The number of benzene rings is 1. The summed E-state index contributed by atoms with van der Waals surface area (Å²) < 4.78 is 0. The van der Waals surface area contributed by atoms with E-state index in [1.165, 1.54) is 11.8 Å². The maximum absolute atomic E-state index is 12.4. The van der Waals surface area contributed by atoms with E-state index in [-0.39, 0.29) is 29.8 Å². The number of hydrogen-bond donors (Lipinski definition) is 3. The second kappa shape index (κ2) is 6.89. The lowest BCUT2D eigenvalue weighted by Gasteiger charge is -2.29. The molecule has 1 saturated carbocycles. The van der Waals surface area contributed by atoms with Gasteiger partial charge in [-0.3, -0.25) is 9.59 Å². The summed E-state index contributed by atoms with van der Waals surface area (Å²) in [6.45, 7) is 0.469. The molecule has 1 aromatic rings. The number of anilines is 1. The Morgan fingerprint density at radius 2 is 2.09 bits per heavy atom. The van der Waals surface area contributed by atoms with Gasteiger partial charge in [-0.15, -0.1) is 24.2 Å². The zero-order valence-corrected chi connectivity index (χ0v) is 13.8. The van der Waals surface area contributed by atoms with Crippen LogP contribution in [0.2, 0.25) is 0 Å². The summed E-state index contributed by atoms with van der Waals surface area (Å²) >= 11 is 1.49. The lowest BCUT2D eigenvalue weighted by Crippen LogP contribution is -2.51. The van der Waals surface area contributed by atoms with Crippen LogP contribution < -0.4 is 16.4 Å². The van der Waals surface area contributed by atoms with Gasteiger partial charge < -0.3 is 16.4 Å². The third-order valence-corrected chi connectivity index (χ3v) is 5.28. The second-order valence-corrected chi connectivity index (χ2v) is 6.71. The average Bonchev–Trinajstić information content (AvgIpc) is 2.95. The van der Waals surface area contributed by atoms with E-state index in [0.29, 0.717) is 17.9 Å². The highest BCUT2D eigenvalue weighted by molar-refractivity contribution is 8.00. The number of nitrogens with one attached hydrogen (secondary N) is 2. The molecule has 1 heterocycles. The maximum Gasteiger partial charge on any atom is 0.251 e. The minimum absolute atomic E-state index is 0. The Balaban J connectivity index is 0.00000176. The van der Waals surface area contributed by atoms with Crippen molar-refractivity contribution in [1.82, 2.24) is 5.32 Å². The fourth-order valence-corrected chi connectivity index (χ4v) is 3.76. The first-order chi connectivity index (χ1) is 10.1. The van der Waals surface area contributed by atoms with Gasteiger partial charge in [0.05, 0.1) is 17.0 Å². The van der Waals surface area contributed by atoms with E-state index in [4.69, 9.17) is 5.73 Å². The predicted molar refractivity (Wildman–Crippen MR) is 90.8 cm³/mol. The molecule has 7 heteroatoms. The molecule has 0 spiro atoms. The molecule has 120 valence electrons. The third kappa shape index (κ3) is 3.39. The van der Waals surface area contributed by atoms with E-state index in [1.54, 1.807) is 12.1 Å². The smallest absolute Gasteiger partial charge is 0.251 e. The number of amides is 2. The number of thioether (sulfide) groups is 1. The van der Waals surface area contributed by atoms with E-state index < -0.39 is 0 Å². The van der Waals surface area contributed by atoms with Crippen LogP contribution in [-0.2, 0) is 4.79 Å². The lowest BCUT2D eigenvalue weighted by molar-refractivity contribution is -0.113. The van der Waals surface area contributed by atoms with E-state index >= 15 is 0 Å². The van der Waals surface area contributed by atoms with Gasteiger partial charge in [0.25, 0.3) is 5.91 Å². The highest BCUT2D eigenvalue weighted by Crippen LogP contribution is 2.33. The van der Waals surface area contributed by atoms with Crippen LogP contribution in [-0.4, -0.2) is 29.7 Å². The summed E-state index contributed by atoms with van der Waals surface area (Å²) in [5.74, 6) is 0.281. The van der Waals surface area contributed by atoms with Gasteiger partial charge in [-0.2, -0.15) is 0 Å². The van der Waals surface area contributed by atoms with Crippen LogP contribution >= 0.6 is 24.2 Å². The minimum atomic E-state index is -0.259. The van der Waals surface area contributed by atoms with Gasteiger partial charge in [-0.05, 0) is 31.0 Å². The van der Waals surface area contributed by atoms with Crippen molar-refractivity contribution in [2.75, 3.05) is 17.6 Å². The highest BCUT2D eigenvalue weighted by atomic mass is 35.5. The van der Waals surface area contributed by atoms with Gasteiger partial charge >= 0.3 is 0 Å². The predicted octanol–water partition coefficient (Wildman–Crippen LogP) is 2.15. The van der Waals surface area contributed by atoms with Crippen LogP contribution in [0.5, 0.6) is 0 Å². The quantitative estimate of drug-likeness (QED) is 0.786. The van der Waals surface area contributed by atoms with Crippen molar-refractivity contribution >= 4 is 41.7 Å². The summed E-state index contributed by atoms with van der Waals surface area (Å²) in [5, 5.41) is 5.90. The van der Waals surface area contributed by atoms with Crippen molar-refractivity contribution in [1.29, 1.82) is 0 Å². The maximum atomic E-state index is 12.4. The fraction of sp³-hybridized carbons (Fsp3) is 0.467. The first-order valence-corrected chi connectivity index (χ1v) is 8.20. The molecule has 0 radical (unpaired) electrons. The normalized spacial score (nSPS) is 18.9. The first-order valence-electron chi connectivity index (χ1n) is 7.21. The molecule has 5 nitrogen and oxygen atoms in total. The molecule has 0 atom stereocenters. The largest absolute Gasteiger partial charge is 0.345 e. The molecule has 0 saturated heterocycles. The molecule has 2 amide bonds. The molecule has 3 rings (SSSR count). The van der Waals surface area contributed by atoms with Crippen molar-refractivity contribution in [2.45, 2.75) is 36.1 Å². The summed E-state index contributed by atoms with van der Waals surface area (Å²) in [6, 6.07) is 5.43. The molecule has 1 fully saturated rings. The first kappa shape index (κ1) is 17.1. The SMILES string of the molecule is Cl.NCC1(NC(=O)c2ccc3c(c2)NC(=O)CS3)CCCC1. The minimum Gasteiger partial charge on any atom is -0.345 e. The van der Waals surface area contributed by atoms with Crippen molar-refractivity contribution in [3.63, 3.8) is 0 Å². The monoisotopic (exact) mass is 341 g/mol. The summed E-state index contributed by atoms with van der Waals surface area (Å²) in [5.41, 5.74) is 6.88. The van der Waals surface area contributed by atoms with Gasteiger partial charge in [0, 0.05) is 17.0 Å². The van der Waals surface area contributed by atoms with E-state index in [0.717, 1.165) is 36.3 Å². The van der Waals surface area contributed by atoms with Crippen LogP contribution in [0.4, 0.5) is 5.69 Å². The Bertz CT molecular complexity index is 588. The molecule has 1 aliphatic heterocycles. The number of hydrogen-bond acceptors (Lipinski definition) is 4. The van der Waals surface area contributed by atoms with Crippen molar-refractivity contribution in [3.05, 3.63) is 23.8 Å². The zero-order valence-electron chi connectivity index (χ0n) is 12.2. The zero-order chi connectivity index (χ0) is 14.9. The van der Waals surface area contributed by atoms with Gasteiger partial charge in [0.1, 0.15) is 0 Å². The third-order valence-electron chi connectivity index (χ3n) is 4.20. The molecule has 22 heavy (non-hydrogen) atoms. The number of fused-ring (bicyclic) bond motifs is 1. The fourth-order valence-electron chi connectivity index (χ4n) is 2.97. The number of carbonyl (C=O) groups excluding carboxylic acids is 2. The van der Waals surface area contributed by atoms with E-state index in [9.17, 15) is 9.59 Å². The van der Waals surface area contributed by atoms with Crippen LogP contribution in [0, 0.1) is 0 Å². The molecule has 0 bridgehead atoms. The number of halogens is 1. The lowest BCUT2D eigenvalue weighted by atomic mass is 9.97. The van der Waals surface area contributed by atoms with E-state index in [2.05, 4.69) is 10.6 Å². The molecular weight excluding hydrogens is 322 g/mol. The molecule has 1 aromatic carbocycles. The summed E-state index contributed by atoms with van der Waals surface area (Å²) in [4.78, 5) is 24.9. The van der Waals surface area contributed by atoms with Crippen molar-refractivity contribution in [3.8, 4) is 0 Å². The topological polar surface area (TPSA) is 84.2 Å². The molecule has 0 unspecified atom stereocenters. The molecular formula is C15H20ClN3O2S. The summed E-state index contributed by atoms with van der Waals surface area (Å²) in [7, 11) is 0. The Kier molecular flexibility index (Phi) is 5.36. The van der Waals surface area contributed by atoms with Crippen LogP contribution in [0.3, 0.4) is 0 Å². The average molecular weight is 342 g/mol. The van der Waals surface area contributed by atoms with E-state index in [1.807, 2.05) is 6.07 Å². The highest BCUT2D eigenvalue weighted by Gasteiger charge is 2.34. The molecule has 1 aliphatic carbocycles. The standard InChI is InChI=1S/C15H19N3O2S.ClH/c16-9-15(5-1-2-6-15)18-14(20)10-3-4-12-11(7-10)17-13(19)8-21-12;/h3-4,7H,1-2,5-6,8-9,16H2,(H,17,19)(H,18,20);1H. The Morgan fingerprint density at radius 1 is 1.36 bits per heavy atom. The molecule has 0 aromatic heterocycles. The second-order valence-electron chi connectivity index (χ2n) is 5.69. The van der Waals surface area contributed by atoms with Crippen molar-refractivity contribution < 1.29 is 9.59 Å². The van der Waals surface area contributed by atoms with Gasteiger partial charge in [0.2, 0.25) is 5.91 Å². The van der Waals surface area contributed by atoms with Crippen LogP contribution in [0.25, 0.3) is 0 Å². The number of nitrogens with two attached hydrogens (primary N) is 1. The number of rotatable bonds is 3. The van der Waals surface area contributed by atoms with Gasteiger partial charge in [0.15, 0.2) is 0 Å². The van der Waals surface area contributed by atoms with Gasteiger partial charge in [-0.25, -0.2) is 0 Å². The molecule has 2 aliphatic rings. The number of carbonyl (C=O) groups is 2. The molecule has 4 N–H and O–H groups in total. The van der Waals surface area contributed by atoms with Crippen LogP contribution in [0.15, 0.2) is 23.1 Å². The van der Waals surface area contributed by atoms with Gasteiger partial charge in [-0.1, -0.05) is 12.8 Å². The Labute approximate surface area is 140 Å². The Hall–Kier alpha value is -1.24. The van der Waals surface area contributed by atoms with Crippen LogP contribution in [0.1, 0.15) is 36.0 Å². The summed E-state index contributed by atoms with van der Waals surface area (Å²) in [6.07, 6.45) is 4.09.